The first-order valence-electron chi connectivity index (χ1n) is 7.32. The molecule has 4 nitrogen and oxygen atoms in total. The highest BCUT2D eigenvalue weighted by Gasteiger charge is 2.22. The topological polar surface area (TPSA) is 46.6 Å². The summed E-state index contributed by atoms with van der Waals surface area (Å²) in [5.74, 6) is -2.90. The fourth-order valence-electron chi connectivity index (χ4n) is 1.98. The summed E-state index contributed by atoms with van der Waals surface area (Å²) in [7, 11) is 0. The van der Waals surface area contributed by atoms with Crippen LogP contribution >= 0.6 is 0 Å². The van der Waals surface area contributed by atoms with E-state index < -0.39 is 23.5 Å². The lowest BCUT2D eigenvalue weighted by Gasteiger charge is -2.28. The molecule has 0 fully saturated rings. The molecule has 0 aliphatic heterocycles. The van der Waals surface area contributed by atoms with E-state index in [1.54, 1.807) is 6.92 Å². The van der Waals surface area contributed by atoms with Crippen LogP contribution < -0.4 is 0 Å². The Morgan fingerprint density at radius 2 is 1.91 bits per heavy atom. The highest BCUT2D eigenvalue weighted by Crippen LogP contribution is 2.15. The summed E-state index contributed by atoms with van der Waals surface area (Å²) in [4.78, 5) is 25.4. The second kappa shape index (κ2) is 8.46. The molecule has 1 aromatic rings. The number of rotatable bonds is 7. The van der Waals surface area contributed by atoms with Gasteiger partial charge in [0.05, 0.1) is 13.0 Å². The van der Waals surface area contributed by atoms with Crippen molar-refractivity contribution in [3.63, 3.8) is 0 Å². The Hall–Kier alpha value is -1.98. The summed E-state index contributed by atoms with van der Waals surface area (Å²) < 4.78 is 31.1. The van der Waals surface area contributed by atoms with Crippen molar-refractivity contribution in [3.05, 3.63) is 35.4 Å². The molecule has 0 N–H and O–H groups in total. The van der Waals surface area contributed by atoms with E-state index >= 15 is 0 Å². The Balaban J connectivity index is 2.88. The van der Waals surface area contributed by atoms with Crippen molar-refractivity contribution in [3.8, 4) is 0 Å². The number of ether oxygens (including phenoxy) is 1. The molecule has 0 radical (unpaired) electrons. The molecule has 0 saturated heterocycles. The summed E-state index contributed by atoms with van der Waals surface area (Å²) in [5.41, 5.74) is 0.0584. The summed E-state index contributed by atoms with van der Waals surface area (Å²) in [6.07, 6.45) is 0.742. The number of benzene rings is 1. The van der Waals surface area contributed by atoms with Crippen molar-refractivity contribution in [2.45, 2.75) is 39.7 Å². The van der Waals surface area contributed by atoms with Crippen molar-refractivity contribution in [1.82, 2.24) is 4.90 Å². The predicted octanol–water partition coefficient (Wildman–Crippen LogP) is 3.16. The number of esters is 1. The Bertz CT molecular complexity index is 534. The molecule has 0 spiro atoms. The van der Waals surface area contributed by atoms with Gasteiger partial charge >= 0.3 is 5.97 Å². The van der Waals surface area contributed by atoms with Crippen LogP contribution in [0.2, 0.25) is 0 Å². The number of hydrogen-bond donors (Lipinski definition) is 0. The molecule has 0 aromatic heterocycles. The van der Waals surface area contributed by atoms with Gasteiger partial charge in [-0.3, -0.25) is 9.59 Å². The molecule has 0 saturated carbocycles. The van der Waals surface area contributed by atoms with Crippen LogP contribution in [-0.4, -0.2) is 36.0 Å². The highest BCUT2D eigenvalue weighted by molar-refractivity contribution is 5.94. The molecule has 0 bridgehead atoms. The maximum absolute atomic E-state index is 13.3. The van der Waals surface area contributed by atoms with E-state index in [2.05, 4.69) is 0 Å². The summed E-state index contributed by atoms with van der Waals surface area (Å²) in [6, 6.07) is 2.90. The monoisotopic (exact) mass is 313 g/mol. The average Bonchev–Trinajstić information content (AvgIpc) is 2.49. The maximum Gasteiger partial charge on any atom is 0.307 e. The van der Waals surface area contributed by atoms with E-state index in [4.69, 9.17) is 4.74 Å². The summed E-state index contributed by atoms with van der Waals surface area (Å²) >= 11 is 0. The molecule has 6 heteroatoms. The molecule has 1 aromatic carbocycles. The van der Waals surface area contributed by atoms with Gasteiger partial charge in [0.1, 0.15) is 0 Å². The minimum absolute atomic E-state index is 0.0584. The van der Waals surface area contributed by atoms with E-state index in [-0.39, 0.29) is 31.2 Å². The van der Waals surface area contributed by atoms with E-state index in [9.17, 15) is 18.4 Å². The molecular weight excluding hydrogens is 292 g/mol. The van der Waals surface area contributed by atoms with E-state index in [1.807, 2.05) is 13.8 Å². The van der Waals surface area contributed by atoms with Gasteiger partial charge in [-0.15, -0.1) is 0 Å². The van der Waals surface area contributed by atoms with Crippen LogP contribution in [0.4, 0.5) is 8.78 Å². The van der Waals surface area contributed by atoms with Crippen LogP contribution in [0.1, 0.15) is 44.0 Å². The number of amides is 1. The van der Waals surface area contributed by atoms with Gasteiger partial charge in [0.2, 0.25) is 0 Å². The Morgan fingerprint density at radius 3 is 2.45 bits per heavy atom. The first kappa shape index (κ1) is 18.1. The number of carbonyl (C=O) groups is 2. The highest BCUT2D eigenvalue weighted by atomic mass is 19.2. The van der Waals surface area contributed by atoms with Crippen molar-refractivity contribution >= 4 is 11.9 Å². The first-order chi connectivity index (χ1) is 10.4. The lowest BCUT2D eigenvalue weighted by atomic mass is 10.1. The van der Waals surface area contributed by atoms with E-state index in [0.29, 0.717) is 6.42 Å². The third kappa shape index (κ3) is 4.79. The van der Waals surface area contributed by atoms with Crippen LogP contribution in [0.5, 0.6) is 0 Å². The van der Waals surface area contributed by atoms with Crippen LogP contribution in [0.25, 0.3) is 0 Å². The zero-order valence-corrected chi connectivity index (χ0v) is 13.1. The molecule has 1 atom stereocenters. The van der Waals surface area contributed by atoms with Crippen molar-refractivity contribution in [2.24, 2.45) is 0 Å². The van der Waals surface area contributed by atoms with Crippen LogP contribution in [-0.2, 0) is 9.53 Å². The zero-order valence-electron chi connectivity index (χ0n) is 13.1. The third-order valence-electron chi connectivity index (χ3n) is 3.41. The third-order valence-corrected chi connectivity index (χ3v) is 3.41. The quantitative estimate of drug-likeness (QED) is 0.726. The van der Waals surface area contributed by atoms with E-state index in [1.165, 1.54) is 11.0 Å². The largest absolute Gasteiger partial charge is 0.466 e. The number of halogens is 2. The van der Waals surface area contributed by atoms with Crippen molar-refractivity contribution in [2.75, 3.05) is 13.2 Å². The number of nitrogens with zero attached hydrogens (tertiary/aromatic N) is 1. The fourth-order valence-corrected chi connectivity index (χ4v) is 1.98. The number of carbonyl (C=O) groups excluding carboxylic acids is 2. The van der Waals surface area contributed by atoms with Gasteiger partial charge in [-0.05, 0) is 38.5 Å². The fraction of sp³-hybridized carbons (Fsp3) is 0.500. The average molecular weight is 313 g/mol. The minimum atomic E-state index is -1.07. The molecular formula is C16H21F2NO3. The predicted molar refractivity (Wildman–Crippen MR) is 78.4 cm³/mol. The molecule has 1 rings (SSSR count). The molecule has 1 amide bonds. The first-order valence-corrected chi connectivity index (χ1v) is 7.32. The standard InChI is InChI=1S/C16H21F2NO3/c1-4-11(3)19(9-8-15(20)22-5-2)16(21)12-6-7-13(17)14(18)10-12/h6-7,10-11H,4-5,8-9H2,1-3H3. The molecule has 0 aliphatic rings. The zero-order chi connectivity index (χ0) is 16.7. The molecule has 122 valence electrons. The minimum Gasteiger partial charge on any atom is -0.466 e. The van der Waals surface area contributed by atoms with Gasteiger partial charge < -0.3 is 9.64 Å². The molecule has 22 heavy (non-hydrogen) atoms. The van der Waals surface area contributed by atoms with Gasteiger partial charge in [-0.25, -0.2) is 8.78 Å². The Morgan fingerprint density at radius 1 is 1.23 bits per heavy atom. The second-order valence-electron chi connectivity index (χ2n) is 4.94. The van der Waals surface area contributed by atoms with Gasteiger partial charge in [0.15, 0.2) is 11.6 Å². The van der Waals surface area contributed by atoms with Crippen LogP contribution in [0.3, 0.4) is 0 Å². The SMILES string of the molecule is CCOC(=O)CCN(C(=O)c1ccc(F)c(F)c1)C(C)CC. The number of hydrogen-bond acceptors (Lipinski definition) is 3. The second-order valence-corrected chi connectivity index (χ2v) is 4.94. The molecule has 1 unspecified atom stereocenters. The van der Waals surface area contributed by atoms with Gasteiger partial charge in [-0.1, -0.05) is 6.92 Å². The van der Waals surface area contributed by atoms with Gasteiger partial charge in [0, 0.05) is 18.2 Å². The van der Waals surface area contributed by atoms with Gasteiger partial charge in [0.25, 0.3) is 5.91 Å². The van der Waals surface area contributed by atoms with Crippen LogP contribution in [0, 0.1) is 11.6 Å². The van der Waals surface area contributed by atoms with Gasteiger partial charge in [-0.2, -0.15) is 0 Å². The normalized spacial score (nSPS) is 11.9. The molecule has 0 heterocycles. The maximum atomic E-state index is 13.3. The van der Waals surface area contributed by atoms with Crippen LogP contribution in [0.15, 0.2) is 18.2 Å². The van der Waals surface area contributed by atoms with Crippen molar-refractivity contribution < 1.29 is 23.1 Å². The lowest BCUT2D eigenvalue weighted by molar-refractivity contribution is -0.143. The van der Waals surface area contributed by atoms with E-state index in [0.717, 1.165) is 12.1 Å². The summed E-state index contributed by atoms with van der Waals surface area (Å²) in [6.45, 7) is 5.89. The molecule has 0 aliphatic carbocycles. The lowest BCUT2D eigenvalue weighted by Crippen LogP contribution is -2.40. The smallest absolute Gasteiger partial charge is 0.307 e. The Labute approximate surface area is 129 Å². The summed E-state index contributed by atoms with van der Waals surface area (Å²) in [5, 5.41) is 0. The van der Waals surface area contributed by atoms with Crippen molar-refractivity contribution in [1.29, 1.82) is 0 Å². The Kier molecular flexibility index (Phi) is 6.95.